The van der Waals surface area contributed by atoms with E-state index in [1.807, 2.05) is 42.5 Å². The van der Waals surface area contributed by atoms with E-state index in [4.69, 9.17) is 15.5 Å². The van der Waals surface area contributed by atoms with Gasteiger partial charge in [0, 0.05) is 22.6 Å². The van der Waals surface area contributed by atoms with E-state index in [1.54, 1.807) is 11.3 Å². The number of nitrogens with two attached hydrogens (primary N) is 1. The number of rotatable bonds is 7. The van der Waals surface area contributed by atoms with Crippen LogP contribution in [0.3, 0.4) is 0 Å². The molecule has 0 spiro atoms. The van der Waals surface area contributed by atoms with Crippen molar-refractivity contribution in [3.8, 4) is 5.75 Å². The number of anilines is 1. The van der Waals surface area contributed by atoms with E-state index in [2.05, 4.69) is 40.3 Å². The zero-order valence-electron chi connectivity index (χ0n) is 17.7. The van der Waals surface area contributed by atoms with Crippen LogP contribution in [0.4, 0.5) is 5.69 Å². The zero-order chi connectivity index (χ0) is 21.3. The Morgan fingerprint density at radius 3 is 2.55 bits per heavy atom. The number of thiophene rings is 1. The maximum Gasteiger partial charge on any atom is 0.196 e. The van der Waals surface area contributed by atoms with Gasteiger partial charge in [-0.2, -0.15) is 0 Å². The number of aliphatic imine (C=N–C) groups is 1. The summed E-state index contributed by atoms with van der Waals surface area (Å²) >= 11 is 1.72. The number of benzene rings is 2. The predicted molar refractivity (Wildman–Crippen MR) is 130 cm³/mol. The summed E-state index contributed by atoms with van der Waals surface area (Å²) in [6.07, 6.45) is 4.55. The van der Waals surface area contributed by atoms with Gasteiger partial charge in [0.05, 0.1) is 6.54 Å². The summed E-state index contributed by atoms with van der Waals surface area (Å²) in [6, 6.07) is 22.8. The molecule has 2 aromatic carbocycles. The fourth-order valence-electron chi connectivity index (χ4n) is 3.71. The van der Waals surface area contributed by atoms with E-state index < -0.39 is 0 Å². The SMILES string of the molecule is N[C@H]1CCCC[C@@H]1NC(=NCc1cccs1)Nc1ccc(OCc2ccccc2)cc1. The van der Waals surface area contributed by atoms with E-state index in [9.17, 15) is 0 Å². The first-order valence-corrected chi connectivity index (χ1v) is 11.8. The van der Waals surface area contributed by atoms with Gasteiger partial charge in [0.25, 0.3) is 0 Å². The van der Waals surface area contributed by atoms with Gasteiger partial charge in [0.15, 0.2) is 5.96 Å². The molecule has 0 bridgehead atoms. The molecule has 1 fully saturated rings. The minimum absolute atomic E-state index is 0.163. The first-order valence-electron chi connectivity index (χ1n) is 10.9. The molecule has 5 nitrogen and oxygen atoms in total. The Morgan fingerprint density at radius 2 is 1.81 bits per heavy atom. The van der Waals surface area contributed by atoms with Crippen molar-refractivity contribution in [1.82, 2.24) is 5.32 Å². The van der Waals surface area contributed by atoms with Crippen LogP contribution in [0.5, 0.6) is 5.75 Å². The molecule has 162 valence electrons. The van der Waals surface area contributed by atoms with Crippen LogP contribution in [0.25, 0.3) is 0 Å². The quantitative estimate of drug-likeness (QED) is 0.355. The summed E-state index contributed by atoms with van der Waals surface area (Å²) in [5.41, 5.74) is 8.47. The van der Waals surface area contributed by atoms with Gasteiger partial charge in [-0.05, 0) is 54.1 Å². The molecular weight excluding hydrogens is 404 g/mol. The molecule has 0 amide bonds. The summed E-state index contributed by atoms with van der Waals surface area (Å²) in [4.78, 5) is 6.04. The lowest BCUT2D eigenvalue weighted by molar-refractivity contribution is 0.306. The van der Waals surface area contributed by atoms with Crippen LogP contribution < -0.4 is 21.1 Å². The average Bonchev–Trinajstić information content (AvgIpc) is 3.33. The fraction of sp³-hybridized carbons (Fsp3) is 0.320. The van der Waals surface area contributed by atoms with Crippen molar-refractivity contribution < 1.29 is 4.74 Å². The maximum absolute atomic E-state index is 6.35. The van der Waals surface area contributed by atoms with Gasteiger partial charge in [-0.1, -0.05) is 49.2 Å². The molecule has 0 saturated heterocycles. The number of nitrogens with one attached hydrogen (secondary N) is 2. The molecule has 1 aliphatic carbocycles. The van der Waals surface area contributed by atoms with Crippen molar-refractivity contribution in [1.29, 1.82) is 0 Å². The Hall–Kier alpha value is -2.83. The molecule has 4 N–H and O–H groups in total. The standard InChI is InChI=1S/C25H30N4OS/c26-23-10-4-5-11-24(23)29-25(27-17-22-9-6-16-31-22)28-20-12-14-21(15-13-20)30-18-19-7-2-1-3-8-19/h1-3,6-9,12-16,23-24H,4-5,10-11,17-18,26H2,(H2,27,28,29)/t23-,24-/m0/s1. The Morgan fingerprint density at radius 1 is 1.00 bits per heavy atom. The van der Waals surface area contributed by atoms with Crippen LogP contribution in [0.15, 0.2) is 77.1 Å². The van der Waals surface area contributed by atoms with Crippen molar-refractivity contribution in [3.05, 3.63) is 82.6 Å². The second-order valence-electron chi connectivity index (χ2n) is 7.87. The highest BCUT2D eigenvalue weighted by Gasteiger charge is 2.22. The second kappa shape index (κ2) is 11.0. The molecule has 1 aromatic heterocycles. The third kappa shape index (κ3) is 6.57. The normalized spacial score (nSPS) is 19.1. The van der Waals surface area contributed by atoms with Crippen LogP contribution in [0.2, 0.25) is 0 Å². The lowest BCUT2D eigenvalue weighted by Crippen LogP contribution is -2.51. The summed E-state index contributed by atoms with van der Waals surface area (Å²) in [5.74, 6) is 1.61. The highest BCUT2D eigenvalue weighted by molar-refractivity contribution is 7.09. The molecular formula is C25H30N4OS. The Labute approximate surface area is 188 Å². The van der Waals surface area contributed by atoms with Crippen LogP contribution in [-0.4, -0.2) is 18.0 Å². The summed E-state index contributed by atoms with van der Waals surface area (Å²) in [6.45, 7) is 1.20. The topological polar surface area (TPSA) is 71.7 Å². The monoisotopic (exact) mass is 434 g/mol. The van der Waals surface area contributed by atoms with Crippen molar-refractivity contribution in [3.63, 3.8) is 0 Å². The van der Waals surface area contributed by atoms with Gasteiger partial charge in [0.2, 0.25) is 0 Å². The number of ether oxygens (including phenoxy) is 1. The van der Waals surface area contributed by atoms with Crippen LogP contribution >= 0.6 is 11.3 Å². The number of guanidine groups is 1. The average molecular weight is 435 g/mol. The molecule has 1 aliphatic rings. The minimum Gasteiger partial charge on any atom is -0.489 e. The van der Waals surface area contributed by atoms with Gasteiger partial charge >= 0.3 is 0 Å². The molecule has 3 aromatic rings. The molecule has 0 aliphatic heterocycles. The van der Waals surface area contributed by atoms with Gasteiger partial charge in [-0.15, -0.1) is 11.3 Å². The van der Waals surface area contributed by atoms with E-state index in [1.165, 1.54) is 17.7 Å². The highest BCUT2D eigenvalue weighted by atomic mass is 32.1. The maximum atomic E-state index is 6.35. The lowest BCUT2D eigenvalue weighted by atomic mass is 9.91. The Bertz CT molecular complexity index is 941. The van der Waals surface area contributed by atoms with E-state index in [0.29, 0.717) is 13.2 Å². The molecule has 2 atom stereocenters. The fourth-order valence-corrected chi connectivity index (χ4v) is 4.34. The second-order valence-corrected chi connectivity index (χ2v) is 8.90. The van der Waals surface area contributed by atoms with Crippen LogP contribution in [-0.2, 0) is 13.2 Å². The molecule has 0 unspecified atom stereocenters. The predicted octanol–water partition coefficient (Wildman–Crippen LogP) is 5.15. The third-order valence-corrected chi connectivity index (χ3v) is 6.34. The van der Waals surface area contributed by atoms with Crippen molar-refractivity contribution in [2.75, 3.05) is 5.32 Å². The molecule has 4 rings (SSSR count). The number of hydrogen-bond acceptors (Lipinski definition) is 4. The minimum atomic E-state index is 0.163. The molecule has 1 saturated carbocycles. The lowest BCUT2D eigenvalue weighted by Gasteiger charge is -2.30. The summed E-state index contributed by atoms with van der Waals surface area (Å²) in [7, 11) is 0. The largest absolute Gasteiger partial charge is 0.489 e. The Kier molecular flexibility index (Phi) is 7.58. The van der Waals surface area contributed by atoms with Crippen molar-refractivity contribution in [2.24, 2.45) is 10.7 Å². The molecule has 0 radical (unpaired) electrons. The van der Waals surface area contributed by atoms with Gasteiger partial charge in [-0.25, -0.2) is 4.99 Å². The van der Waals surface area contributed by atoms with E-state index >= 15 is 0 Å². The van der Waals surface area contributed by atoms with E-state index in [0.717, 1.165) is 35.8 Å². The molecule has 6 heteroatoms. The van der Waals surface area contributed by atoms with Crippen molar-refractivity contribution in [2.45, 2.75) is 50.9 Å². The van der Waals surface area contributed by atoms with Gasteiger partial charge in [-0.3, -0.25) is 0 Å². The molecule has 31 heavy (non-hydrogen) atoms. The molecule has 1 heterocycles. The van der Waals surface area contributed by atoms with Crippen LogP contribution in [0.1, 0.15) is 36.1 Å². The van der Waals surface area contributed by atoms with Gasteiger partial charge in [0.1, 0.15) is 12.4 Å². The number of hydrogen-bond donors (Lipinski definition) is 3. The first kappa shape index (κ1) is 21.4. The highest BCUT2D eigenvalue weighted by Crippen LogP contribution is 2.19. The Balaban J connectivity index is 1.39. The third-order valence-electron chi connectivity index (χ3n) is 5.48. The van der Waals surface area contributed by atoms with Crippen molar-refractivity contribution >= 4 is 23.0 Å². The van der Waals surface area contributed by atoms with Crippen LogP contribution in [0, 0.1) is 0 Å². The first-order chi connectivity index (χ1) is 15.3. The van der Waals surface area contributed by atoms with Gasteiger partial charge < -0.3 is 21.1 Å². The smallest absolute Gasteiger partial charge is 0.196 e. The zero-order valence-corrected chi connectivity index (χ0v) is 18.5. The summed E-state index contributed by atoms with van der Waals surface area (Å²) < 4.78 is 5.90. The summed E-state index contributed by atoms with van der Waals surface area (Å²) in [5, 5.41) is 9.09. The van der Waals surface area contributed by atoms with E-state index in [-0.39, 0.29) is 12.1 Å². The number of nitrogens with zero attached hydrogens (tertiary/aromatic N) is 1.